The van der Waals surface area contributed by atoms with Crippen molar-refractivity contribution in [1.82, 2.24) is 4.31 Å². The van der Waals surface area contributed by atoms with E-state index < -0.39 is 10.0 Å². The average molecular weight is 299 g/mol. The van der Waals surface area contributed by atoms with Crippen molar-refractivity contribution < 1.29 is 8.42 Å². The number of benzene rings is 1. The van der Waals surface area contributed by atoms with E-state index in [4.69, 9.17) is 5.84 Å². The summed E-state index contributed by atoms with van der Waals surface area (Å²) in [5.41, 5.74) is 2.90. The van der Waals surface area contributed by atoms with E-state index >= 15 is 0 Å². The third-order valence-corrected chi connectivity index (χ3v) is 5.14. The molecule has 0 radical (unpaired) electrons. The van der Waals surface area contributed by atoms with Gasteiger partial charge in [-0.05, 0) is 25.0 Å². The lowest BCUT2D eigenvalue weighted by Gasteiger charge is -2.23. The number of nitrogens with two attached hydrogens (primary N) is 1. The molecule has 6 heteroatoms. The van der Waals surface area contributed by atoms with E-state index in [0.29, 0.717) is 18.8 Å². The largest absolute Gasteiger partial charge is 0.323 e. The van der Waals surface area contributed by atoms with Crippen molar-refractivity contribution in [2.24, 2.45) is 5.84 Å². The van der Waals surface area contributed by atoms with Gasteiger partial charge in [0.2, 0.25) is 10.0 Å². The molecule has 0 saturated carbocycles. The lowest BCUT2D eigenvalue weighted by Crippen LogP contribution is -2.33. The molecular formula is C14H25N3O2S. The SMILES string of the molecule is CCCCN(CCCC)S(=O)(=O)c1ccccc1NN. The molecule has 0 atom stereocenters. The van der Waals surface area contributed by atoms with E-state index in [1.807, 2.05) is 0 Å². The van der Waals surface area contributed by atoms with Crippen LogP contribution in [0.2, 0.25) is 0 Å². The maximum atomic E-state index is 12.8. The number of nitrogens with zero attached hydrogens (tertiary/aromatic N) is 1. The summed E-state index contributed by atoms with van der Waals surface area (Å²) in [7, 11) is -3.50. The van der Waals surface area contributed by atoms with Gasteiger partial charge in [-0.1, -0.05) is 38.8 Å². The number of hydrazine groups is 1. The first-order valence-electron chi connectivity index (χ1n) is 7.13. The second-order valence-corrected chi connectivity index (χ2v) is 6.66. The maximum Gasteiger partial charge on any atom is 0.245 e. The maximum absolute atomic E-state index is 12.8. The molecule has 0 amide bonds. The Morgan fingerprint density at radius 3 is 2.15 bits per heavy atom. The van der Waals surface area contributed by atoms with Gasteiger partial charge < -0.3 is 5.43 Å². The standard InChI is InChI=1S/C14H25N3O2S/c1-3-5-11-17(12-6-4-2)20(18,19)14-10-8-7-9-13(14)16-15/h7-10,16H,3-6,11-12,15H2,1-2H3. The third-order valence-electron chi connectivity index (χ3n) is 3.18. The zero-order chi connectivity index (χ0) is 15.0. The fourth-order valence-electron chi connectivity index (χ4n) is 1.97. The third kappa shape index (κ3) is 4.19. The van der Waals surface area contributed by atoms with Crippen molar-refractivity contribution in [2.75, 3.05) is 18.5 Å². The fraction of sp³-hybridized carbons (Fsp3) is 0.571. The van der Waals surface area contributed by atoms with Gasteiger partial charge in [-0.25, -0.2) is 8.42 Å². The van der Waals surface area contributed by atoms with Gasteiger partial charge in [-0.15, -0.1) is 0 Å². The highest BCUT2D eigenvalue weighted by Crippen LogP contribution is 2.24. The lowest BCUT2D eigenvalue weighted by atomic mass is 10.3. The highest BCUT2D eigenvalue weighted by molar-refractivity contribution is 7.89. The molecule has 1 aromatic rings. The molecule has 0 aliphatic carbocycles. The van der Waals surface area contributed by atoms with E-state index in [1.165, 1.54) is 0 Å². The van der Waals surface area contributed by atoms with Crippen LogP contribution in [0.4, 0.5) is 5.69 Å². The van der Waals surface area contributed by atoms with Crippen LogP contribution in [-0.4, -0.2) is 25.8 Å². The van der Waals surface area contributed by atoms with Crippen LogP contribution in [0.15, 0.2) is 29.2 Å². The molecule has 20 heavy (non-hydrogen) atoms. The van der Waals surface area contributed by atoms with Crippen molar-refractivity contribution >= 4 is 15.7 Å². The Kier molecular flexibility index (Phi) is 6.98. The summed E-state index contributed by atoms with van der Waals surface area (Å²) < 4.78 is 27.1. The highest BCUT2D eigenvalue weighted by Gasteiger charge is 2.25. The topological polar surface area (TPSA) is 75.4 Å². The Morgan fingerprint density at radius 2 is 1.65 bits per heavy atom. The summed E-state index contributed by atoms with van der Waals surface area (Å²) in [6.07, 6.45) is 3.66. The number of para-hydroxylation sites is 1. The first-order valence-corrected chi connectivity index (χ1v) is 8.57. The minimum Gasteiger partial charge on any atom is -0.323 e. The summed E-state index contributed by atoms with van der Waals surface area (Å²) in [6, 6.07) is 6.74. The number of nitrogen functional groups attached to an aromatic ring is 1. The van der Waals surface area contributed by atoms with Gasteiger partial charge >= 0.3 is 0 Å². The quantitative estimate of drug-likeness (QED) is 0.543. The van der Waals surface area contributed by atoms with Crippen LogP contribution < -0.4 is 11.3 Å². The molecule has 0 unspecified atom stereocenters. The predicted molar refractivity (Wildman–Crippen MR) is 82.8 cm³/mol. The Labute approximate surface area is 122 Å². The van der Waals surface area contributed by atoms with Gasteiger partial charge in [0.1, 0.15) is 4.90 Å². The van der Waals surface area contributed by atoms with E-state index in [9.17, 15) is 8.42 Å². The number of hydrogen-bond acceptors (Lipinski definition) is 4. The first-order chi connectivity index (χ1) is 9.57. The van der Waals surface area contributed by atoms with Gasteiger partial charge in [-0.2, -0.15) is 4.31 Å². The van der Waals surface area contributed by atoms with Gasteiger partial charge in [0.05, 0.1) is 5.69 Å². The average Bonchev–Trinajstić information content (AvgIpc) is 2.47. The molecule has 1 aromatic carbocycles. The molecule has 0 fully saturated rings. The lowest BCUT2D eigenvalue weighted by molar-refractivity contribution is 0.395. The first kappa shape index (κ1) is 16.9. The molecule has 0 saturated heterocycles. The van der Waals surface area contributed by atoms with Crippen molar-refractivity contribution in [3.8, 4) is 0 Å². The number of unbranched alkanes of at least 4 members (excludes halogenated alkanes) is 2. The summed E-state index contributed by atoms with van der Waals surface area (Å²) in [5.74, 6) is 5.41. The van der Waals surface area contributed by atoms with Crippen molar-refractivity contribution in [3.63, 3.8) is 0 Å². The Bertz CT molecular complexity index is 495. The molecule has 3 N–H and O–H groups in total. The molecular weight excluding hydrogens is 274 g/mol. The Balaban J connectivity index is 3.07. The van der Waals surface area contributed by atoms with Crippen molar-refractivity contribution in [2.45, 2.75) is 44.4 Å². The van der Waals surface area contributed by atoms with Gasteiger partial charge in [0.15, 0.2) is 0 Å². The zero-order valence-corrected chi connectivity index (χ0v) is 13.1. The minimum atomic E-state index is -3.50. The van der Waals surface area contributed by atoms with Crippen LogP contribution in [0.25, 0.3) is 0 Å². The van der Waals surface area contributed by atoms with Crippen LogP contribution >= 0.6 is 0 Å². The zero-order valence-electron chi connectivity index (χ0n) is 12.3. The smallest absolute Gasteiger partial charge is 0.245 e. The van der Waals surface area contributed by atoms with Crippen LogP contribution in [0.3, 0.4) is 0 Å². The monoisotopic (exact) mass is 299 g/mol. The van der Waals surface area contributed by atoms with Crippen molar-refractivity contribution in [3.05, 3.63) is 24.3 Å². The number of anilines is 1. The number of nitrogens with one attached hydrogen (secondary N) is 1. The molecule has 0 aliphatic rings. The molecule has 0 spiro atoms. The van der Waals surface area contributed by atoms with Crippen LogP contribution in [-0.2, 0) is 10.0 Å². The van der Waals surface area contributed by atoms with Gasteiger partial charge in [-0.3, -0.25) is 5.84 Å². The number of rotatable bonds is 9. The second kappa shape index (κ2) is 8.24. The van der Waals surface area contributed by atoms with Crippen LogP contribution in [0.1, 0.15) is 39.5 Å². The summed E-state index contributed by atoms with van der Waals surface area (Å²) in [6.45, 7) is 5.22. The molecule has 0 aliphatic heterocycles. The van der Waals surface area contributed by atoms with E-state index in [0.717, 1.165) is 25.7 Å². The van der Waals surface area contributed by atoms with E-state index in [1.54, 1.807) is 28.6 Å². The number of sulfonamides is 1. The number of hydrogen-bond donors (Lipinski definition) is 2. The summed E-state index contributed by atoms with van der Waals surface area (Å²) in [4.78, 5) is 0.245. The van der Waals surface area contributed by atoms with Crippen LogP contribution in [0, 0.1) is 0 Å². The van der Waals surface area contributed by atoms with E-state index in [2.05, 4.69) is 19.3 Å². The van der Waals surface area contributed by atoms with Crippen LogP contribution in [0.5, 0.6) is 0 Å². The molecule has 114 valence electrons. The Hall–Kier alpha value is -1.11. The minimum absolute atomic E-state index is 0.245. The fourth-order valence-corrected chi connectivity index (χ4v) is 3.64. The van der Waals surface area contributed by atoms with Crippen molar-refractivity contribution in [1.29, 1.82) is 0 Å². The molecule has 0 bridgehead atoms. The normalized spacial score (nSPS) is 11.8. The van der Waals surface area contributed by atoms with E-state index in [-0.39, 0.29) is 4.90 Å². The predicted octanol–water partition coefficient (Wildman–Crippen LogP) is 2.56. The summed E-state index contributed by atoms with van der Waals surface area (Å²) in [5, 5.41) is 0. The molecule has 5 nitrogen and oxygen atoms in total. The Morgan fingerprint density at radius 1 is 1.10 bits per heavy atom. The molecule has 1 rings (SSSR count). The summed E-state index contributed by atoms with van der Waals surface area (Å²) >= 11 is 0. The second-order valence-electron chi connectivity index (χ2n) is 4.75. The molecule has 0 aromatic heterocycles. The van der Waals surface area contributed by atoms with Gasteiger partial charge in [0, 0.05) is 13.1 Å². The highest BCUT2D eigenvalue weighted by atomic mass is 32.2. The molecule has 0 heterocycles. The van der Waals surface area contributed by atoms with Gasteiger partial charge in [0.25, 0.3) is 0 Å².